The smallest absolute Gasteiger partial charge is 0.262 e. The maximum atomic E-state index is 13.0. The molecule has 0 aromatic heterocycles. The Morgan fingerprint density at radius 2 is 1.70 bits per heavy atom. The SMILES string of the molecule is Nc1ccc2c(c1)CCN(c1ccc3c(c1)C(=O)N(C1CCC(=O)NC1=O)C3=O)C2. The molecule has 0 bridgehead atoms. The van der Waals surface area contributed by atoms with Crippen molar-refractivity contribution < 1.29 is 19.2 Å². The zero-order valence-corrected chi connectivity index (χ0v) is 16.2. The topological polar surface area (TPSA) is 113 Å². The number of nitrogens with zero attached hydrogens (tertiary/aromatic N) is 2. The molecule has 2 aromatic rings. The van der Waals surface area contributed by atoms with Crippen LogP contribution in [0.25, 0.3) is 0 Å². The van der Waals surface area contributed by atoms with Crippen LogP contribution in [0.3, 0.4) is 0 Å². The van der Waals surface area contributed by atoms with Crippen molar-refractivity contribution in [1.82, 2.24) is 10.2 Å². The van der Waals surface area contributed by atoms with Gasteiger partial charge in [0.2, 0.25) is 11.8 Å². The van der Waals surface area contributed by atoms with Crippen LogP contribution in [0, 0.1) is 0 Å². The Morgan fingerprint density at radius 3 is 2.50 bits per heavy atom. The lowest BCUT2D eigenvalue weighted by Gasteiger charge is -2.31. The summed E-state index contributed by atoms with van der Waals surface area (Å²) in [7, 11) is 0. The first kappa shape index (κ1) is 18.4. The molecule has 8 nitrogen and oxygen atoms in total. The minimum Gasteiger partial charge on any atom is -0.399 e. The maximum Gasteiger partial charge on any atom is 0.262 e. The van der Waals surface area contributed by atoms with Crippen molar-refractivity contribution in [2.45, 2.75) is 31.8 Å². The number of rotatable bonds is 2. The van der Waals surface area contributed by atoms with E-state index in [1.54, 1.807) is 12.1 Å². The van der Waals surface area contributed by atoms with Crippen LogP contribution < -0.4 is 16.0 Å². The van der Waals surface area contributed by atoms with Gasteiger partial charge in [0.25, 0.3) is 11.8 Å². The van der Waals surface area contributed by atoms with Crippen molar-refractivity contribution in [3.05, 3.63) is 58.7 Å². The monoisotopic (exact) mass is 404 g/mol. The fourth-order valence-corrected chi connectivity index (χ4v) is 4.45. The second-order valence-corrected chi connectivity index (χ2v) is 7.88. The quantitative estimate of drug-likeness (QED) is 0.575. The molecule has 0 radical (unpaired) electrons. The normalized spacial score (nSPS) is 20.9. The van der Waals surface area contributed by atoms with Gasteiger partial charge in [-0.3, -0.25) is 29.4 Å². The Morgan fingerprint density at radius 1 is 0.900 bits per heavy atom. The van der Waals surface area contributed by atoms with Gasteiger partial charge in [0.15, 0.2) is 0 Å². The maximum absolute atomic E-state index is 13.0. The van der Waals surface area contributed by atoms with E-state index in [1.807, 2.05) is 24.3 Å². The second-order valence-electron chi connectivity index (χ2n) is 7.88. The summed E-state index contributed by atoms with van der Waals surface area (Å²) in [5.74, 6) is -1.97. The van der Waals surface area contributed by atoms with E-state index in [1.165, 1.54) is 11.1 Å². The highest BCUT2D eigenvalue weighted by atomic mass is 16.2. The number of fused-ring (bicyclic) bond motifs is 2. The van der Waals surface area contributed by atoms with Gasteiger partial charge in [0.1, 0.15) is 6.04 Å². The number of benzene rings is 2. The van der Waals surface area contributed by atoms with Crippen LogP contribution in [0.4, 0.5) is 11.4 Å². The third kappa shape index (κ3) is 2.83. The van der Waals surface area contributed by atoms with Crippen LogP contribution in [-0.2, 0) is 22.6 Å². The third-order valence-corrected chi connectivity index (χ3v) is 6.03. The summed E-state index contributed by atoms with van der Waals surface area (Å²) in [5.41, 5.74) is 10.5. The van der Waals surface area contributed by atoms with E-state index < -0.39 is 23.8 Å². The molecule has 0 spiro atoms. The van der Waals surface area contributed by atoms with Crippen LogP contribution >= 0.6 is 0 Å². The minimum atomic E-state index is -0.953. The molecule has 0 saturated carbocycles. The van der Waals surface area contributed by atoms with Crippen LogP contribution in [0.2, 0.25) is 0 Å². The molecule has 1 atom stereocenters. The van der Waals surface area contributed by atoms with Crippen molar-refractivity contribution in [2.75, 3.05) is 17.2 Å². The highest BCUT2D eigenvalue weighted by molar-refractivity contribution is 6.23. The first-order chi connectivity index (χ1) is 14.4. The largest absolute Gasteiger partial charge is 0.399 e. The zero-order chi connectivity index (χ0) is 21.0. The molecular formula is C22H20N4O4. The summed E-state index contributed by atoms with van der Waals surface area (Å²) in [6.07, 6.45) is 1.09. The molecule has 3 aliphatic rings. The molecule has 0 aliphatic carbocycles. The molecule has 3 N–H and O–H groups in total. The van der Waals surface area contributed by atoms with Gasteiger partial charge >= 0.3 is 0 Å². The summed E-state index contributed by atoms with van der Waals surface area (Å²) in [4.78, 5) is 52.6. The summed E-state index contributed by atoms with van der Waals surface area (Å²) in [5, 5.41) is 2.21. The minimum absolute atomic E-state index is 0.104. The number of nitrogens with two attached hydrogens (primary N) is 1. The fraction of sp³-hybridized carbons (Fsp3) is 0.273. The number of hydrogen-bond acceptors (Lipinski definition) is 6. The van der Waals surface area contributed by atoms with Crippen molar-refractivity contribution in [2.24, 2.45) is 0 Å². The summed E-state index contributed by atoms with van der Waals surface area (Å²) in [6, 6.07) is 10.1. The Labute approximate surface area is 172 Å². The lowest BCUT2D eigenvalue weighted by Crippen LogP contribution is -2.54. The van der Waals surface area contributed by atoms with Gasteiger partial charge in [-0.25, -0.2) is 0 Å². The van der Waals surface area contributed by atoms with Gasteiger partial charge in [0.05, 0.1) is 11.1 Å². The standard InChI is InChI=1S/C22H20N4O4/c23-14-2-1-13-11-25(8-7-12(13)9-14)15-3-4-16-17(10-15)22(30)26(21(16)29)18-5-6-19(27)24-20(18)28/h1-4,9-10,18H,5-8,11,23H2,(H,24,27,28). The van der Waals surface area contributed by atoms with E-state index in [9.17, 15) is 19.2 Å². The first-order valence-electron chi connectivity index (χ1n) is 9.90. The molecule has 2 aromatic carbocycles. The van der Waals surface area contributed by atoms with E-state index >= 15 is 0 Å². The van der Waals surface area contributed by atoms with Crippen molar-refractivity contribution in [3.8, 4) is 0 Å². The van der Waals surface area contributed by atoms with E-state index in [0.29, 0.717) is 17.7 Å². The number of nitrogens with one attached hydrogen (secondary N) is 1. The highest BCUT2D eigenvalue weighted by Gasteiger charge is 2.44. The van der Waals surface area contributed by atoms with Crippen molar-refractivity contribution in [3.63, 3.8) is 0 Å². The molecule has 1 unspecified atom stereocenters. The van der Waals surface area contributed by atoms with E-state index in [-0.39, 0.29) is 18.7 Å². The van der Waals surface area contributed by atoms with Gasteiger partial charge < -0.3 is 10.6 Å². The van der Waals surface area contributed by atoms with Gasteiger partial charge in [0, 0.05) is 30.9 Å². The van der Waals surface area contributed by atoms with Crippen molar-refractivity contribution in [1.29, 1.82) is 0 Å². The molecular weight excluding hydrogens is 384 g/mol. The van der Waals surface area contributed by atoms with Crippen LogP contribution in [0.5, 0.6) is 0 Å². The number of piperidine rings is 1. The number of carbonyl (C=O) groups excluding carboxylic acids is 4. The van der Waals surface area contributed by atoms with E-state index in [4.69, 9.17) is 5.73 Å². The zero-order valence-electron chi connectivity index (χ0n) is 16.2. The predicted molar refractivity (Wildman–Crippen MR) is 109 cm³/mol. The average molecular weight is 404 g/mol. The fourth-order valence-electron chi connectivity index (χ4n) is 4.45. The van der Waals surface area contributed by atoms with Gasteiger partial charge in [-0.05, 0) is 54.3 Å². The Kier molecular flexibility index (Phi) is 4.09. The Balaban J connectivity index is 1.42. The molecule has 30 heavy (non-hydrogen) atoms. The number of nitrogen functional groups attached to an aromatic ring is 1. The third-order valence-electron chi connectivity index (χ3n) is 6.03. The van der Waals surface area contributed by atoms with Gasteiger partial charge in [-0.2, -0.15) is 0 Å². The Hall–Kier alpha value is -3.68. The van der Waals surface area contributed by atoms with Crippen LogP contribution in [-0.4, -0.2) is 41.1 Å². The Bertz CT molecular complexity index is 1130. The molecule has 8 heteroatoms. The van der Waals surface area contributed by atoms with Crippen LogP contribution in [0.1, 0.15) is 44.7 Å². The number of anilines is 2. The van der Waals surface area contributed by atoms with E-state index in [2.05, 4.69) is 10.2 Å². The van der Waals surface area contributed by atoms with Crippen LogP contribution in [0.15, 0.2) is 36.4 Å². The molecule has 1 saturated heterocycles. The first-order valence-corrected chi connectivity index (χ1v) is 9.90. The predicted octanol–water partition coefficient (Wildman–Crippen LogP) is 1.23. The number of imide groups is 2. The summed E-state index contributed by atoms with van der Waals surface area (Å²) >= 11 is 0. The van der Waals surface area contributed by atoms with Gasteiger partial charge in [-0.15, -0.1) is 0 Å². The summed E-state index contributed by atoms with van der Waals surface area (Å²) < 4.78 is 0. The highest BCUT2D eigenvalue weighted by Crippen LogP contribution is 2.32. The lowest BCUT2D eigenvalue weighted by molar-refractivity contribution is -0.136. The van der Waals surface area contributed by atoms with Crippen molar-refractivity contribution >= 4 is 35.0 Å². The molecule has 3 aliphatic heterocycles. The van der Waals surface area contributed by atoms with Gasteiger partial charge in [-0.1, -0.05) is 6.07 Å². The molecule has 1 fully saturated rings. The second kappa shape index (κ2) is 6.69. The average Bonchev–Trinajstić information content (AvgIpc) is 2.98. The molecule has 5 rings (SSSR count). The number of amides is 4. The molecule has 152 valence electrons. The lowest BCUT2D eigenvalue weighted by atomic mass is 9.98. The summed E-state index contributed by atoms with van der Waals surface area (Å²) in [6.45, 7) is 1.46. The number of hydrogen-bond donors (Lipinski definition) is 2. The van der Waals surface area contributed by atoms with E-state index in [0.717, 1.165) is 29.2 Å². The molecule has 3 heterocycles. The number of carbonyl (C=O) groups is 4. The molecule has 4 amide bonds.